The monoisotopic (exact) mass is 222 g/mol. The van der Waals surface area contributed by atoms with Gasteiger partial charge in [-0.25, -0.2) is 0 Å². The summed E-state index contributed by atoms with van der Waals surface area (Å²) in [7, 11) is 0. The summed E-state index contributed by atoms with van der Waals surface area (Å²) in [5.41, 5.74) is 1.86. The Labute approximate surface area is 95.7 Å². The Morgan fingerprint density at radius 3 is 2.19 bits per heavy atom. The lowest BCUT2D eigenvalue weighted by Crippen LogP contribution is -2.22. The van der Waals surface area contributed by atoms with E-state index in [1.165, 1.54) is 0 Å². The van der Waals surface area contributed by atoms with Gasteiger partial charge >= 0.3 is 5.97 Å². The smallest absolute Gasteiger partial charge is 0.303 e. The molecule has 0 aliphatic rings. The fraction of sp³-hybridized carbons (Fsp3) is 0.462. The van der Waals surface area contributed by atoms with Gasteiger partial charge in [0.25, 0.3) is 0 Å². The molecule has 0 fully saturated rings. The molecule has 0 bridgehead atoms. The predicted molar refractivity (Wildman–Crippen MR) is 62.4 cm³/mol. The number of aliphatic carboxylic acids is 1. The zero-order chi connectivity index (χ0) is 12.3. The van der Waals surface area contributed by atoms with Crippen molar-refractivity contribution in [2.45, 2.75) is 39.2 Å². The van der Waals surface area contributed by atoms with Crippen molar-refractivity contribution in [3.63, 3.8) is 0 Å². The summed E-state index contributed by atoms with van der Waals surface area (Å²) in [5.74, 6) is -0.885. The van der Waals surface area contributed by atoms with Gasteiger partial charge in [-0.05, 0) is 32.8 Å². The van der Waals surface area contributed by atoms with E-state index < -0.39 is 11.6 Å². The van der Waals surface area contributed by atoms with Crippen LogP contribution >= 0.6 is 0 Å². The minimum absolute atomic E-state index is 0.0278. The van der Waals surface area contributed by atoms with E-state index in [2.05, 4.69) is 0 Å². The molecule has 1 unspecified atom stereocenters. The molecule has 0 heterocycles. The Balaban J connectivity index is 2.92. The molecular formula is C13H18O3. The quantitative estimate of drug-likeness (QED) is 0.822. The van der Waals surface area contributed by atoms with Crippen LogP contribution in [0.4, 0.5) is 0 Å². The molecule has 88 valence electrons. The van der Waals surface area contributed by atoms with Gasteiger partial charge in [0, 0.05) is 6.42 Å². The van der Waals surface area contributed by atoms with Crippen LogP contribution in [0.1, 0.15) is 36.5 Å². The summed E-state index contributed by atoms with van der Waals surface area (Å²) in [6, 6.07) is 5.82. The molecular weight excluding hydrogens is 204 g/mol. The maximum atomic E-state index is 10.5. The van der Waals surface area contributed by atoms with Gasteiger partial charge < -0.3 is 10.2 Å². The lowest BCUT2D eigenvalue weighted by molar-refractivity contribution is -0.138. The molecule has 0 saturated heterocycles. The minimum atomic E-state index is -1.07. The highest BCUT2D eigenvalue weighted by atomic mass is 16.4. The first-order valence-corrected chi connectivity index (χ1v) is 5.34. The Kier molecular flexibility index (Phi) is 3.70. The number of hydrogen-bond donors (Lipinski definition) is 2. The summed E-state index contributed by atoms with van der Waals surface area (Å²) in [6.45, 7) is 5.58. The standard InChI is InChI=1S/C13H18O3/c1-9-6-10(2)8-11(7-9)13(3,16)5-4-12(14)15/h6-8,16H,4-5H2,1-3H3,(H,14,15). The zero-order valence-electron chi connectivity index (χ0n) is 9.95. The Bertz CT molecular complexity index is 374. The third-order valence-corrected chi connectivity index (χ3v) is 2.67. The molecule has 1 rings (SSSR count). The minimum Gasteiger partial charge on any atom is -0.481 e. The molecule has 3 heteroatoms. The fourth-order valence-corrected chi connectivity index (χ4v) is 1.78. The van der Waals surface area contributed by atoms with Crippen LogP contribution in [0.25, 0.3) is 0 Å². The second-order valence-electron chi connectivity index (χ2n) is 4.54. The fourth-order valence-electron chi connectivity index (χ4n) is 1.78. The lowest BCUT2D eigenvalue weighted by atomic mass is 9.89. The molecule has 0 aliphatic carbocycles. The first-order chi connectivity index (χ1) is 7.31. The van der Waals surface area contributed by atoms with E-state index in [-0.39, 0.29) is 12.8 Å². The van der Waals surface area contributed by atoms with E-state index in [1.807, 2.05) is 32.0 Å². The normalized spacial score (nSPS) is 14.5. The molecule has 0 saturated carbocycles. The molecule has 2 N–H and O–H groups in total. The van der Waals surface area contributed by atoms with Gasteiger partial charge in [0.05, 0.1) is 5.60 Å². The van der Waals surface area contributed by atoms with Crippen LogP contribution in [0.2, 0.25) is 0 Å². The molecule has 0 radical (unpaired) electrons. The topological polar surface area (TPSA) is 57.5 Å². The van der Waals surface area contributed by atoms with Crippen LogP contribution < -0.4 is 0 Å². The SMILES string of the molecule is Cc1cc(C)cc(C(C)(O)CCC(=O)O)c1. The summed E-state index contributed by atoms with van der Waals surface area (Å²) < 4.78 is 0. The van der Waals surface area contributed by atoms with E-state index >= 15 is 0 Å². The zero-order valence-corrected chi connectivity index (χ0v) is 9.95. The summed E-state index contributed by atoms with van der Waals surface area (Å²) in [4.78, 5) is 10.5. The number of aryl methyl sites for hydroxylation is 2. The number of aliphatic hydroxyl groups is 1. The van der Waals surface area contributed by atoms with Gasteiger partial charge in [0.15, 0.2) is 0 Å². The second kappa shape index (κ2) is 4.66. The van der Waals surface area contributed by atoms with Crippen molar-refractivity contribution in [1.29, 1.82) is 0 Å². The van der Waals surface area contributed by atoms with Crippen molar-refractivity contribution < 1.29 is 15.0 Å². The van der Waals surface area contributed by atoms with Gasteiger partial charge in [-0.2, -0.15) is 0 Å². The van der Waals surface area contributed by atoms with E-state index in [1.54, 1.807) is 6.92 Å². The van der Waals surface area contributed by atoms with Crippen molar-refractivity contribution in [3.8, 4) is 0 Å². The summed E-state index contributed by atoms with van der Waals surface area (Å²) in [6.07, 6.45) is 0.200. The Hall–Kier alpha value is -1.35. The predicted octanol–water partition coefficient (Wildman–Crippen LogP) is 2.38. The number of carboxylic acid groups (broad SMARTS) is 1. The van der Waals surface area contributed by atoms with Crippen LogP contribution in [0.15, 0.2) is 18.2 Å². The number of carboxylic acids is 1. The van der Waals surface area contributed by atoms with Crippen LogP contribution in [0.5, 0.6) is 0 Å². The number of hydrogen-bond acceptors (Lipinski definition) is 2. The maximum Gasteiger partial charge on any atom is 0.303 e. The highest BCUT2D eigenvalue weighted by Crippen LogP contribution is 2.27. The van der Waals surface area contributed by atoms with Gasteiger partial charge in [0.2, 0.25) is 0 Å². The number of carbonyl (C=O) groups is 1. The number of benzene rings is 1. The molecule has 1 aromatic rings. The largest absolute Gasteiger partial charge is 0.481 e. The first kappa shape index (κ1) is 12.7. The van der Waals surface area contributed by atoms with Crippen LogP contribution in [-0.4, -0.2) is 16.2 Å². The Morgan fingerprint density at radius 2 is 1.75 bits per heavy atom. The summed E-state index contributed by atoms with van der Waals surface area (Å²) >= 11 is 0. The Morgan fingerprint density at radius 1 is 1.25 bits per heavy atom. The van der Waals surface area contributed by atoms with Crippen molar-refractivity contribution in [2.24, 2.45) is 0 Å². The van der Waals surface area contributed by atoms with Crippen molar-refractivity contribution in [2.75, 3.05) is 0 Å². The molecule has 0 spiro atoms. The molecule has 3 nitrogen and oxygen atoms in total. The number of rotatable bonds is 4. The van der Waals surface area contributed by atoms with Crippen LogP contribution in [-0.2, 0) is 10.4 Å². The van der Waals surface area contributed by atoms with E-state index in [0.29, 0.717) is 0 Å². The van der Waals surface area contributed by atoms with E-state index in [0.717, 1.165) is 16.7 Å². The van der Waals surface area contributed by atoms with Gasteiger partial charge in [0.1, 0.15) is 0 Å². The van der Waals surface area contributed by atoms with Crippen molar-refractivity contribution in [3.05, 3.63) is 34.9 Å². The van der Waals surface area contributed by atoms with Crippen molar-refractivity contribution in [1.82, 2.24) is 0 Å². The van der Waals surface area contributed by atoms with Crippen molar-refractivity contribution >= 4 is 5.97 Å². The highest BCUT2D eigenvalue weighted by Gasteiger charge is 2.24. The summed E-state index contributed by atoms with van der Waals surface area (Å²) in [5, 5.41) is 18.8. The third-order valence-electron chi connectivity index (χ3n) is 2.67. The molecule has 16 heavy (non-hydrogen) atoms. The van der Waals surface area contributed by atoms with Crippen LogP contribution in [0.3, 0.4) is 0 Å². The lowest BCUT2D eigenvalue weighted by Gasteiger charge is -2.24. The van der Waals surface area contributed by atoms with Gasteiger partial charge in [-0.3, -0.25) is 4.79 Å². The molecule has 0 amide bonds. The second-order valence-corrected chi connectivity index (χ2v) is 4.54. The maximum absolute atomic E-state index is 10.5. The molecule has 0 aromatic heterocycles. The van der Waals surface area contributed by atoms with Crippen LogP contribution in [0, 0.1) is 13.8 Å². The average Bonchev–Trinajstić information content (AvgIpc) is 2.13. The van der Waals surface area contributed by atoms with Gasteiger partial charge in [-0.1, -0.05) is 29.3 Å². The van der Waals surface area contributed by atoms with E-state index in [4.69, 9.17) is 5.11 Å². The van der Waals surface area contributed by atoms with Gasteiger partial charge in [-0.15, -0.1) is 0 Å². The first-order valence-electron chi connectivity index (χ1n) is 5.34. The molecule has 1 atom stereocenters. The molecule has 0 aliphatic heterocycles. The molecule has 1 aromatic carbocycles. The third kappa shape index (κ3) is 3.35. The van der Waals surface area contributed by atoms with E-state index in [9.17, 15) is 9.90 Å². The highest BCUT2D eigenvalue weighted by molar-refractivity contribution is 5.66. The average molecular weight is 222 g/mol.